The molecule has 162 valence electrons. The number of hydrogen-bond acceptors (Lipinski definition) is 6. The zero-order valence-electron chi connectivity index (χ0n) is 17.7. The number of nitrogens with two attached hydrogens (primary N) is 1. The van der Waals surface area contributed by atoms with Crippen LogP contribution in [0.4, 0.5) is 17.1 Å². The summed E-state index contributed by atoms with van der Waals surface area (Å²) in [7, 11) is 0. The van der Waals surface area contributed by atoms with Crippen molar-refractivity contribution >= 4 is 29.2 Å². The van der Waals surface area contributed by atoms with E-state index in [4.69, 9.17) is 5.41 Å². The van der Waals surface area contributed by atoms with E-state index in [0.29, 0.717) is 22.6 Å². The first-order valence-corrected chi connectivity index (χ1v) is 9.88. The summed E-state index contributed by atoms with van der Waals surface area (Å²) in [4.78, 5) is 14.5. The zero-order valence-corrected chi connectivity index (χ0v) is 17.7. The molecule has 0 radical (unpaired) electrons. The Bertz CT molecular complexity index is 987. The second kappa shape index (κ2) is 11.6. The Kier molecular flexibility index (Phi) is 8.91. The Labute approximate surface area is 182 Å². The van der Waals surface area contributed by atoms with Crippen molar-refractivity contribution in [3.05, 3.63) is 64.9 Å². The SMILES string of the molecule is C/C([NH2+]c1ccc(C)cc1)=C(/C=N)C(=O)Nc1ccc(N(CCO)CCO)c(C#N)c1. The first-order chi connectivity index (χ1) is 14.9. The molecule has 1 amide bonds. The number of aliphatic hydroxyl groups excluding tert-OH is 2. The maximum absolute atomic E-state index is 12.8. The van der Waals surface area contributed by atoms with Crippen LogP contribution >= 0.6 is 0 Å². The number of benzene rings is 2. The standard InChI is InChI=1S/C23H27N5O3/c1-16-3-5-19(6-4-16)26-17(2)21(15-25)23(31)27-20-7-8-22(18(13-20)14-24)28(9-11-29)10-12-30/h3-8,13,15,25-26,29-30H,9-12H2,1-2H3,(H,27,31)/p+1/b21-17+,25-15?. The van der Waals surface area contributed by atoms with Crippen molar-refractivity contribution in [2.45, 2.75) is 13.8 Å². The largest absolute Gasteiger partial charge is 0.395 e. The van der Waals surface area contributed by atoms with E-state index in [1.807, 2.05) is 36.5 Å². The molecule has 2 aromatic carbocycles. The van der Waals surface area contributed by atoms with Gasteiger partial charge in [0.2, 0.25) is 0 Å². The minimum absolute atomic E-state index is 0.117. The van der Waals surface area contributed by atoms with Gasteiger partial charge in [0, 0.05) is 31.9 Å². The maximum Gasteiger partial charge on any atom is 0.262 e. The van der Waals surface area contributed by atoms with Crippen molar-refractivity contribution in [3.8, 4) is 6.07 Å². The lowest BCUT2D eigenvalue weighted by Crippen LogP contribution is -2.75. The number of rotatable bonds is 10. The number of aliphatic hydroxyl groups is 2. The van der Waals surface area contributed by atoms with Crippen molar-refractivity contribution in [2.75, 3.05) is 36.5 Å². The quantitative estimate of drug-likeness (QED) is 0.224. The van der Waals surface area contributed by atoms with E-state index >= 15 is 0 Å². The number of carbonyl (C=O) groups is 1. The highest BCUT2D eigenvalue weighted by Crippen LogP contribution is 2.24. The first kappa shape index (κ1) is 23.8. The van der Waals surface area contributed by atoms with Crippen LogP contribution in [0.25, 0.3) is 0 Å². The van der Waals surface area contributed by atoms with Gasteiger partial charge in [0.05, 0.1) is 24.5 Å². The number of hydrogen-bond donors (Lipinski definition) is 5. The average Bonchev–Trinajstić information content (AvgIpc) is 2.75. The van der Waals surface area contributed by atoms with Crippen LogP contribution in [0.3, 0.4) is 0 Å². The van der Waals surface area contributed by atoms with E-state index in [1.54, 1.807) is 24.0 Å². The van der Waals surface area contributed by atoms with Gasteiger partial charge in [-0.15, -0.1) is 0 Å². The third-order valence-electron chi connectivity index (χ3n) is 4.73. The van der Waals surface area contributed by atoms with Crippen molar-refractivity contribution in [2.24, 2.45) is 0 Å². The molecular weight excluding hydrogens is 394 g/mol. The monoisotopic (exact) mass is 422 g/mol. The van der Waals surface area contributed by atoms with Crippen LogP contribution in [0.2, 0.25) is 0 Å². The van der Waals surface area contributed by atoms with Crippen molar-refractivity contribution in [3.63, 3.8) is 0 Å². The summed E-state index contributed by atoms with van der Waals surface area (Å²) in [6.45, 7) is 4.08. The summed E-state index contributed by atoms with van der Waals surface area (Å²) in [5, 5.41) is 40.2. The smallest absolute Gasteiger partial charge is 0.262 e. The molecule has 0 atom stereocenters. The Hall–Kier alpha value is -3.51. The van der Waals surface area contributed by atoms with Gasteiger partial charge in [-0.3, -0.25) is 10.1 Å². The third-order valence-corrected chi connectivity index (χ3v) is 4.73. The number of amides is 1. The van der Waals surface area contributed by atoms with E-state index in [0.717, 1.165) is 17.5 Å². The maximum atomic E-state index is 12.8. The summed E-state index contributed by atoms with van der Waals surface area (Å²) < 4.78 is 0. The number of nitrogens with zero attached hydrogens (tertiary/aromatic N) is 2. The second-order valence-corrected chi connectivity index (χ2v) is 7.03. The summed E-state index contributed by atoms with van der Waals surface area (Å²) in [6, 6.07) is 14.8. The van der Waals surface area contributed by atoms with Gasteiger partial charge in [0.25, 0.3) is 5.91 Å². The molecule has 0 aliphatic carbocycles. The molecule has 6 N–H and O–H groups in total. The number of nitrogens with one attached hydrogen (secondary N) is 2. The summed E-state index contributed by atoms with van der Waals surface area (Å²) in [5.74, 6) is -0.449. The average molecular weight is 423 g/mol. The van der Waals surface area contributed by atoms with Crippen molar-refractivity contribution in [1.82, 2.24) is 0 Å². The fourth-order valence-electron chi connectivity index (χ4n) is 3.12. The molecule has 0 heterocycles. The van der Waals surface area contributed by atoms with Crippen molar-refractivity contribution < 1.29 is 20.3 Å². The molecule has 0 saturated heterocycles. The molecule has 0 spiro atoms. The summed E-state index contributed by atoms with van der Waals surface area (Å²) >= 11 is 0. The molecule has 0 fully saturated rings. The van der Waals surface area contributed by atoms with E-state index in [2.05, 4.69) is 11.4 Å². The molecule has 0 aliphatic heterocycles. The van der Waals surface area contributed by atoms with Crippen LogP contribution in [0.15, 0.2) is 53.7 Å². The highest BCUT2D eigenvalue weighted by molar-refractivity contribution is 6.17. The van der Waals surface area contributed by atoms with Gasteiger partial charge in [-0.1, -0.05) is 17.7 Å². The van der Waals surface area contributed by atoms with E-state index in [1.165, 1.54) is 6.07 Å². The van der Waals surface area contributed by atoms with Crippen LogP contribution in [0, 0.1) is 23.7 Å². The lowest BCUT2D eigenvalue weighted by atomic mass is 10.1. The van der Waals surface area contributed by atoms with Gasteiger partial charge in [0.15, 0.2) is 0 Å². The van der Waals surface area contributed by atoms with Gasteiger partial charge >= 0.3 is 0 Å². The lowest BCUT2D eigenvalue weighted by Gasteiger charge is -2.24. The van der Waals surface area contributed by atoms with Gasteiger partial charge in [-0.25, -0.2) is 0 Å². The number of anilines is 2. The predicted octanol–water partition coefficient (Wildman–Crippen LogP) is 1.41. The van der Waals surface area contributed by atoms with Crippen molar-refractivity contribution in [1.29, 1.82) is 10.7 Å². The predicted molar refractivity (Wildman–Crippen MR) is 120 cm³/mol. The highest BCUT2D eigenvalue weighted by atomic mass is 16.3. The topological polar surface area (TPSA) is 137 Å². The fourth-order valence-corrected chi connectivity index (χ4v) is 3.12. The first-order valence-electron chi connectivity index (χ1n) is 9.88. The minimum Gasteiger partial charge on any atom is -0.395 e. The lowest BCUT2D eigenvalue weighted by molar-refractivity contribution is -0.517. The zero-order chi connectivity index (χ0) is 22.8. The Morgan fingerprint density at radius 1 is 1.19 bits per heavy atom. The fraction of sp³-hybridized carbons (Fsp3) is 0.261. The molecule has 0 saturated carbocycles. The molecule has 2 rings (SSSR count). The van der Waals surface area contributed by atoms with E-state index in [9.17, 15) is 20.3 Å². The van der Waals surface area contributed by atoms with Crippen LogP contribution in [-0.2, 0) is 4.79 Å². The third kappa shape index (κ3) is 6.49. The highest BCUT2D eigenvalue weighted by Gasteiger charge is 2.17. The van der Waals surface area contributed by atoms with Gasteiger partial charge in [-0.2, -0.15) is 5.26 Å². The normalized spacial score (nSPS) is 11.3. The van der Waals surface area contributed by atoms with E-state index < -0.39 is 5.91 Å². The molecule has 2 aromatic rings. The molecule has 31 heavy (non-hydrogen) atoms. The van der Waals surface area contributed by atoms with Crippen LogP contribution in [0.1, 0.15) is 18.1 Å². The van der Waals surface area contributed by atoms with Crippen LogP contribution in [0.5, 0.6) is 0 Å². The van der Waals surface area contributed by atoms with Gasteiger partial charge in [0.1, 0.15) is 23.0 Å². The number of nitriles is 1. The molecule has 8 heteroatoms. The van der Waals surface area contributed by atoms with Crippen LogP contribution in [-0.4, -0.2) is 48.6 Å². The van der Waals surface area contributed by atoms with Gasteiger partial charge in [-0.05, 0) is 37.3 Å². The minimum atomic E-state index is -0.449. The molecule has 0 unspecified atom stereocenters. The Morgan fingerprint density at radius 3 is 2.39 bits per heavy atom. The number of quaternary nitrogens is 1. The number of aryl methyl sites for hydroxylation is 1. The summed E-state index contributed by atoms with van der Waals surface area (Å²) in [6.07, 6.45) is 1.01. The summed E-state index contributed by atoms with van der Waals surface area (Å²) in [5.41, 5.74) is 4.21. The molecule has 8 nitrogen and oxygen atoms in total. The Morgan fingerprint density at radius 2 is 1.84 bits per heavy atom. The molecule has 0 aliphatic rings. The van der Waals surface area contributed by atoms with E-state index in [-0.39, 0.29) is 31.9 Å². The van der Waals surface area contributed by atoms with Gasteiger partial charge < -0.3 is 25.8 Å². The van der Waals surface area contributed by atoms with Crippen LogP contribution < -0.4 is 15.5 Å². The Balaban J connectivity index is 2.23. The number of allylic oxidation sites excluding steroid dienone is 1. The molecule has 0 bridgehead atoms. The molecule has 0 aromatic heterocycles. The number of carbonyl (C=O) groups excluding carboxylic acids is 1. The molecular formula is C23H28N5O3+. The second-order valence-electron chi connectivity index (χ2n) is 7.03.